The first-order valence-electron chi connectivity index (χ1n) is 13.2. The number of methoxy groups -OCH3 is 5. The summed E-state index contributed by atoms with van der Waals surface area (Å²) in [4.78, 5) is 17.6. The van der Waals surface area contributed by atoms with Gasteiger partial charge in [-0.2, -0.15) is 10.1 Å². The molecule has 0 spiro atoms. The predicted molar refractivity (Wildman–Crippen MR) is 161 cm³/mol. The first-order valence-corrected chi connectivity index (χ1v) is 14.0. The number of fused-ring (bicyclic) bond motifs is 1. The van der Waals surface area contributed by atoms with E-state index in [0.29, 0.717) is 34.9 Å². The monoisotopic (exact) mass is 650 g/mol. The lowest BCUT2D eigenvalue weighted by molar-refractivity contribution is 0.00338. The van der Waals surface area contributed by atoms with Gasteiger partial charge in [0.05, 0.1) is 47.0 Å². The third kappa shape index (κ3) is 5.90. The molecule has 0 aliphatic rings. The van der Waals surface area contributed by atoms with Gasteiger partial charge in [0.2, 0.25) is 17.6 Å². The molecule has 224 valence electrons. The fourth-order valence-corrected chi connectivity index (χ4v) is 5.63. The van der Waals surface area contributed by atoms with E-state index in [1.165, 1.54) is 34.8 Å². The van der Waals surface area contributed by atoms with Gasteiger partial charge in [0.15, 0.2) is 5.75 Å². The van der Waals surface area contributed by atoms with Crippen LogP contribution in [0.4, 0.5) is 0 Å². The Labute approximate surface area is 256 Å². The average Bonchev–Trinajstić information content (AvgIpc) is 3.57. The minimum Gasteiger partial charge on any atom is -0.491 e. The molecular weight excluding hydrogens is 620 g/mol. The number of aliphatic hydroxyl groups is 1. The number of rotatable bonds is 12. The second kappa shape index (κ2) is 12.8. The van der Waals surface area contributed by atoms with E-state index >= 15 is 0 Å². The minimum absolute atomic E-state index is 0.158. The molecule has 13 heteroatoms. The number of aromatic nitrogens is 6. The number of ether oxygens (including phenoxy) is 5. The van der Waals surface area contributed by atoms with Crippen LogP contribution in [0.3, 0.4) is 0 Å². The zero-order chi connectivity index (χ0) is 30.6. The molecule has 2 atom stereocenters. The van der Waals surface area contributed by atoms with Gasteiger partial charge in [0, 0.05) is 52.3 Å². The van der Waals surface area contributed by atoms with Crippen LogP contribution >= 0.6 is 15.9 Å². The molecule has 0 aliphatic heterocycles. The van der Waals surface area contributed by atoms with Gasteiger partial charge < -0.3 is 28.8 Å². The summed E-state index contributed by atoms with van der Waals surface area (Å²) < 4.78 is 30.8. The Morgan fingerprint density at radius 1 is 0.860 bits per heavy atom. The lowest BCUT2D eigenvalue weighted by Gasteiger charge is -2.38. The molecule has 0 amide bonds. The molecule has 12 nitrogen and oxygen atoms in total. The van der Waals surface area contributed by atoms with Crippen molar-refractivity contribution in [1.82, 2.24) is 29.7 Å². The van der Waals surface area contributed by atoms with Gasteiger partial charge in [-0.1, -0.05) is 15.9 Å². The highest BCUT2D eigenvalue weighted by Gasteiger charge is 2.45. The summed E-state index contributed by atoms with van der Waals surface area (Å²) in [6.45, 7) is 0.305. The summed E-state index contributed by atoms with van der Waals surface area (Å²) in [7, 11) is 7.59. The summed E-state index contributed by atoms with van der Waals surface area (Å²) in [5, 5.41) is 18.3. The maximum Gasteiger partial charge on any atom is 0.257 e. The van der Waals surface area contributed by atoms with Gasteiger partial charge in [-0.15, -0.1) is 0 Å². The van der Waals surface area contributed by atoms with Crippen molar-refractivity contribution < 1.29 is 28.8 Å². The Hall–Kier alpha value is -4.49. The quantitative estimate of drug-likeness (QED) is 0.204. The summed E-state index contributed by atoms with van der Waals surface area (Å²) in [6, 6.07) is 12.9. The van der Waals surface area contributed by atoms with E-state index in [-0.39, 0.29) is 24.1 Å². The van der Waals surface area contributed by atoms with Crippen molar-refractivity contribution in [3.05, 3.63) is 82.5 Å². The predicted octanol–water partition coefficient (Wildman–Crippen LogP) is 4.53. The maximum atomic E-state index is 13.2. The summed E-state index contributed by atoms with van der Waals surface area (Å²) >= 11 is 3.57. The fourth-order valence-electron chi connectivity index (χ4n) is 5.25. The van der Waals surface area contributed by atoms with Crippen LogP contribution < -0.4 is 23.7 Å². The Balaban J connectivity index is 1.87. The molecule has 5 aromatic rings. The van der Waals surface area contributed by atoms with Crippen molar-refractivity contribution in [1.29, 1.82) is 0 Å². The van der Waals surface area contributed by atoms with E-state index in [2.05, 4.69) is 36.0 Å². The fraction of sp³-hybridized carbons (Fsp3) is 0.300. The highest BCUT2D eigenvalue weighted by atomic mass is 79.9. The van der Waals surface area contributed by atoms with Crippen LogP contribution in [0.1, 0.15) is 29.0 Å². The first-order chi connectivity index (χ1) is 20.8. The van der Waals surface area contributed by atoms with E-state index < -0.39 is 11.5 Å². The Morgan fingerprint density at radius 3 is 2.23 bits per heavy atom. The number of hydrogen-bond acceptors (Lipinski definition) is 11. The van der Waals surface area contributed by atoms with Gasteiger partial charge >= 0.3 is 0 Å². The molecule has 0 aliphatic carbocycles. The Morgan fingerprint density at radius 2 is 1.60 bits per heavy atom. The van der Waals surface area contributed by atoms with Crippen LogP contribution in [0.5, 0.6) is 29.3 Å². The van der Waals surface area contributed by atoms with Crippen LogP contribution in [0.25, 0.3) is 10.9 Å². The SMILES string of the molecule is COc1cc(C(O)(CCn2cncn2)C(c2cc3cc(Br)ccc3nc2OC)c2ccnc(OC)c2OC)cc(OC)n1. The smallest absolute Gasteiger partial charge is 0.257 e. The van der Waals surface area contributed by atoms with Gasteiger partial charge in [-0.05, 0) is 35.9 Å². The van der Waals surface area contributed by atoms with E-state index in [9.17, 15) is 5.11 Å². The number of halogens is 1. The van der Waals surface area contributed by atoms with Crippen molar-refractivity contribution >= 4 is 26.8 Å². The van der Waals surface area contributed by atoms with Crippen molar-refractivity contribution in [2.75, 3.05) is 35.5 Å². The first kappa shape index (κ1) is 30.0. The largest absolute Gasteiger partial charge is 0.491 e. The number of nitrogens with zero attached hydrogens (tertiary/aromatic N) is 6. The molecule has 4 heterocycles. The molecule has 0 fully saturated rings. The van der Waals surface area contributed by atoms with Crippen LogP contribution in [0.15, 0.2) is 65.8 Å². The van der Waals surface area contributed by atoms with Gasteiger partial charge in [-0.25, -0.2) is 15.0 Å². The molecule has 0 saturated carbocycles. The number of benzene rings is 1. The zero-order valence-corrected chi connectivity index (χ0v) is 25.9. The molecule has 2 unspecified atom stereocenters. The lowest BCUT2D eigenvalue weighted by Crippen LogP contribution is -2.36. The van der Waals surface area contributed by atoms with Gasteiger partial charge in [0.1, 0.15) is 18.3 Å². The molecule has 0 saturated heterocycles. The number of pyridine rings is 3. The summed E-state index contributed by atoms with van der Waals surface area (Å²) in [5.74, 6) is 0.594. The zero-order valence-electron chi connectivity index (χ0n) is 24.3. The third-order valence-corrected chi connectivity index (χ3v) is 7.74. The highest BCUT2D eigenvalue weighted by molar-refractivity contribution is 9.10. The van der Waals surface area contributed by atoms with Crippen molar-refractivity contribution in [3.63, 3.8) is 0 Å². The molecule has 5 rings (SSSR count). The van der Waals surface area contributed by atoms with Crippen LogP contribution in [-0.4, -0.2) is 70.4 Å². The summed E-state index contributed by atoms with van der Waals surface area (Å²) in [5.41, 5.74) is 0.676. The molecular formula is C30H31BrN6O6. The molecule has 43 heavy (non-hydrogen) atoms. The lowest BCUT2D eigenvalue weighted by atomic mass is 9.71. The second-order valence-electron chi connectivity index (χ2n) is 9.57. The highest BCUT2D eigenvalue weighted by Crippen LogP contribution is 2.51. The van der Waals surface area contributed by atoms with E-state index in [4.69, 9.17) is 28.7 Å². The maximum absolute atomic E-state index is 13.2. The molecule has 4 aromatic heterocycles. The average molecular weight is 652 g/mol. The van der Waals surface area contributed by atoms with E-state index in [1.54, 1.807) is 42.5 Å². The standard InChI is InChI=1S/C30H31BrN6O6/c1-39-24-14-19(15-25(36-24)40-2)30(38,9-11-37-17-32-16-34-37)26(21-8-10-33-29(43-5)27(21)41-3)22-13-18-12-20(31)6-7-23(18)35-28(22)42-4/h6-8,10,12-17,26,38H,9,11H2,1-5H3. The van der Waals surface area contributed by atoms with Crippen molar-refractivity contribution in [2.24, 2.45) is 0 Å². The normalized spacial score (nSPS) is 13.3. The van der Waals surface area contributed by atoms with Crippen molar-refractivity contribution in [2.45, 2.75) is 24.5 Å². The third-order valence-electron chi connectivity index (χ3n) is 7.25. The second-order valence-corrected chi connectivity index (χ2v) is 10.5. The topological polar surface area (TPSA) is 136 Å². The molecule has 1 N–H and O–H groups in total. The van der Waals surface area contributed by atoms with Gasteiger partial charge in [-0.3, -0.25) is 4.68 Å². The summed E-state index contributed by atoms with van der Waals surface area (Å²) in [6.07, 6.45) is 4.80. The Kier molecular flexibility index (Phi) is 8.92. The van der Waals surface area contributed by atoms with E-state index in [1.807, 2.05) is 24.3 Å². The number of hydrogen-bond donors (Lipinski definition) is 1. The van der Waals surface area contributed by atoms with Crippen molar-refractivity contribution in [3.8, 4) is 29.3 Å². The Bertz CT molecular complexity index is 1700. The van der Waals surface area contributed by atoms with Crippen LogP contribution in [0, 0.1) is 0 Å². The van der Waals surface area contributed by atoms with Gasteiger partial charge in [0.25, 0.3) is 5.88 Å². The number of aryl methyl sites for hydroxylation is 1. The molecule has 0 bridgehead atoms. The van der Waals surface area contributed by atoms with E-state index in [0.717, 1.165) is 15.4 Å². The van der Waals surface area contributed by atoms with Crippen LogP contribution in [0.2, 0.25) is 0 Å². The van der Waals surface area contributed by atoms with Crippen LogP contribution in [-0.2, 0) is 12.1 Å². The minimum atomic E-state index is -1.69. The molecule has 0 radical (unpaired) electrons. The molecule has 1 aromatic carbocycles.